The van der Waals surface area contributed by atoms with Gasteiger partial charge in [0.1, 0.15) is 0 Å². The third-order valence-corrected chi connectivity index (χ3v) is 1.16. The van der Waals surface area contributed by atoms with Crippen LogP contribution in [0.2, 0.25) is 0 Å². The molecule has 0 fully saturated rings. The van der Waals surface area contributed by atoms with Crippen LogP contribution in [0.1, 0.15) is 13.3 Å². The molecular formula is C6H9NO3. The predicted molar refractivity (Wildman–Crippen MR) is 34.4 cm³/mol. The molecule has 1 atom stereocenters. The molecule has 0 amide bonds. The van der Waals surface area contributed by atoms with E-state index in [1.54, 1.807) is 6.92 Å². The maximum Gasteiger partial charge on any atom is 0.306 e. The van der Waals surface area contributed by atoms with Gasteiger partial charge in [0.15, 0.2) is 0 Å². The Morgan fingerprint density at radius 1 is 1.80 bits per heavy atom. The first-order valence-corrected chi connectivity index (χ1v) is 2.95. The number of aliphatic imine (C=N–C) groups is 1. The highest BCUT2D eigenvalue weighted by atomic mass is 16.4. The first-order chi connectivity index (χ1) is 4.68. The van der Waals surface area contributed by atoms with Gasteiger partial charge >= 0.3 is 5.97 Å². The lowest BCUT2D eigenvalue weighted by Crippen LogP contribution is -2.10. The van der Waals surface area contributed by atoms with Gasteiger partial charge in [-0.05, 0) is 6.42 Å². The van der Waals surface area contributed by atoms with Gasteiger partial charge in [-0.25, -0.2) is 9.79 Å². The lowest BCUT2D eigenvalue weighted by molar-refractivity contribution is -0.141. The van der Waals surface area contributed by atoms with E-state index in [9.17, 15) is 9.59 Å². The zero-order valence-electron chi connectivity index (χ0n) is 5.70. The Morgan fingerprint density at radius 3 is 2.80 bits per heavy atom. The van der Waals surface area contributed by atoms with Crippen LogP contribution in [0, 0.1) is 5.92 Å². The van der Waals surface area contributed by atoms with Crippen molar-refractivity contribution in [1.29, 1.82) is 0 Å². The Hall–Kier alpha value is -1.15. The van der Waals surface area contributed by atoms with Crippen molar-refractivity contribution in [2.75, 3.05) is 6.54 Å². The number of nitrogens with zero attached hydrogens (tertiary/aromatic N) is 1. The average molecular weight is 143 g/mol. The summed E-state index contributed by atoms with van der Waals surface area (Å²) < 4.78 is 0. The third-order valence-electron chi connectivity index (χ3n) is 1.16. The Kier molecular flexibility index (Phi) is 4.16. The van der Waals surface area contributed by atoms with E-state index in [0.29, 0.717) is 6.42 Å². The smallest absolute Gasteiger partial charge is 0.306 e. The number of carboxylic acids is 1. The molecule has 0 radical (unpaired) electrons. The molecule has 0 aromatic rings. The number of hydrogen-bond acceptors (Lipinski definition) is 3. The highest BCUT2D eigenvalue weighted by molar-refractivity contribution is 5.69. The molecule has 1 unspecified atom stereocenters. The molecule has 4 nitrogen and oxygen atoms in total. The van der Waals surface area contributed by atoms with Crippen LogP contribution in [-0.2, 0) is 9.59 Å². The zero-order valence-corrected chi connectivity index (χ0v) is 5.70. The second-order valence-corrected chi connectivity index (χ2v) is 2.00. The zero-order chi connectivity index (χ0) is 7.98. The standard InChI is InChI=1S/C6H9NO3/c1-5(6(9)10)2-3-7-4-8/h5H,2-3H2,1H3,(H,9,10). The van der Waals surface area contributed by atoms with E-state index in [2.05, 4.69) is 4.99 Å². The van der Waals surface area contributed by atoms with Crippen molar-refractivity contribution in [1.82, 2.24) is 0 Å². The Bertz CT molecular complexity index is 160. The molecule has 4 heteroatoms. The highest BCUT2D eigenvalue weighted by Crippen LogP contribution is 2.00. The first-order valence-electron chi connectivity index (χ1n) is 2.95. The van der Waals surface area contributed by atoms with Crippen LogP contribution in [0.5, 0.6) is 0 Å². The quantitative estimate of drug-likeness (QED) is 0.458. The van der Waals surface area contributed by atoms with E-state index < -0.39 is 11.9 Å². The molecule has 0 saturated heterocycles. The number of carbonyl (C=O) groups excluding carboxylic acids is 1. The van der Waals surface area contributed by atoms with Gasteiger partial charge in [0.25, 0.3) is 0 Å². The maximum atomic E-state index is 10.2. The minimum Gasteiger partial charge on any atom is -0.481 e. The number of carboxylic acid groups (broad SMARTS) is 1. The second-order valence-electron chi connectivity index (χ2n) is 2.00. The summed E-state index contributed by atoms with van der Waals surface area (Å²) >= 11 is 0. The first kappa shape index (κ1) is 8.85. The van der Waals surface area contributed by atoms with E-state index >= 15 is 0 Å². The summed E-state index contributed by atoms with van der Waals surface area (Å²) in [5.41, 5.74) is 0. The summed E-state index contributed by atoms with van der Waals surface area (Å²) in [5, 5.41) is 8.34. The van der Waals surface area contributed by atoms with Crippen molar-refractivity contribution in [3.63, 3.8) is 0 Å². The Morgan fingerprint density at radius 2 is 2.40 bits per heavy atom. The van der Waals surface area contributed by atoms with Crippen molar-refractivity contribution >= 4 is 12.0 Å². The van der Waals surface area contributed by atoms with Crippen LogP contribution in [-0.4, -0.2) is 23.7 Å². The van der Waals surface area contributed by atoms with Crippen LogP contribution < -0.4 is 0 Å². The fourth-order valence-electron chi connectivity index (χ4n) is 0.427. The molecule has 0 aromatic carbocycles. The molecule has 0 spiro atoms. The van der Waals surface area contributed by atoms with E-state index in [1.807, 2.05) is 0 Å². The Labute approximate surface area is 58.6 Å². The summed E-state index contributed by atoms with van der Waals surface area (Å²) in [7, 11) is 0. The SMILES string of the molecule is CC(CCN=C=O)C(=O)O. The molecule has 0 rings (SSSR count). The normalized spacial score (nSPS) is 11.7. The molecule has 0 saturated carbocycles. The van der Waals surface area contributed by atoms with Crippen molar-refractivity contribution in [2.24, 2.45) is 10.9 Å². The van der Waals surface area contributed by atoms with Crippen molar-refractivity contribution in [3.8, 4) is 0 Å². The van der Waals surface area contributed by atoms with Crippen LogP contribution >= 0.6 is 0 Å². The molecular weight excluding hydrogens is 134 g/mol. The van der Waals surface area contributed by atoms with Crippen LogP contribution in [0.15, 0.2) is 4.99 Å². The molecule has 0 aliphatic heterocycles. The van der Waals surface area contributed by atoms with Gasteiger partial charge in [-0.3, -0.25) is 4.79 Å². The lowest BCUT2D eigenvalue weighted by Gasteiger charge is -1.99. The monoisotopic (exact) mass is 143 g/mol. The van der Waals surface area contributed by atoms with E-state index in [-0.39, 0.29) is 6.54 Å². The van der Waals surface area contributed by atoms with Crippen molar-refractivity contribution < 1.29 is 14.7 Å². The van der Waals surface area contributed by atoms with Crippen molar-refractivity contribution in [3.05, 3.63) is 0 Å². The summed E-state index contributed by atoms with van der Waals surface area (Å²) in [5.74, 6) is -1.29. The number of aliphatic carboxylic acids is 1. The van der Waals surface area contributed by atoms with Crippen molar-refractivity contribution in [2.45, 2.75) is 13.3 Å². The largest absolute Gasteiger partial charge is 0.481 e. The fourth-order valence-corrected chi connectivity index (χ4v) is 0.427. The van der Waals surface area contributed by atoms with Crippen LogP contribution in [0.4, 0.5) is 0 Å². The van der Waals surface area contributed by atoms with Gasteiger partial charge in [-0.2, -0.15) is 0 Å². The molecule has 0 heterocycles. The van der Waals surface area contributed by atoms with Gasteiger partial charge in [0.2, 0.25) is 6.08 Å². The van der Waals surface area contributed by atoms with E-state index in [0.717, 1.165) is 0 Å². The minimum absolute atomic E-state index is 0.247. The molecule has 56 valence electrons. The summed E-state index contributed by atoms with van der Waals surface area (Å²) in [6.45, 7) is 1.82. The summed E-state index contributed by atoms with van der Waals surface area (Å²) in [4.78, 5) is 22.9. The average Bonchev–Trinajstić information content (AvgIpc) is 1.88. The number of hydrogen-bond donors (Lipinski definition) is 1. The lowest BCUT2D eigenvalue weighted by atomic mass is 10.1. The van der Waals surface area contributed by atoms with Gasteiger partial charge in [0.05, 0.1) is 12.5 Å². The van der Waals surface area contributed by atoms with E-state index in [1.165, 1.54) is 6.08 Å². The van der Waals surface area contributed by atoms with E-state index in [4.69, 9.17) is 5.11 Å². The Balaban J connectivity index is 3.48. The second kappa shape index (κ2) is 4.70. The molecule has 0 aromatic heterocycles. The van der Waals surface area contributed by atoms with Crippen LogP contribution in [0.25, 0.3) is 0 Å². The number of isocyanates is 1. The number of carbonyl (C=O) groups is 1. The topological polar surface area (TPSA) is 66.7 Å². The summed E-state index contributed by atoms with van der Waals surface area (Å²) in [6.07, 6.45) is 1.74. The summed E-state index contributed by atoms with van der Waals surface area (Å²) in [6, 6.07) is 0. The minimum atomic E-state index is -0.860. The number of rotatable bonds is 4. The molecule has 0 bridgehead atoms. The molecule has 1 N–H and O–H groups in total. The predicted octanol–water partition coefficient (Wildman–Crippen LogP) is 0.433. The van der Waals surface area contributed by atoms with Gasteiger partial charge in [-0.15, -0.1) is 0 Å². The molecule has 0 aliphatic rings. The fraction of sp³-hybridized carbons (Fsp3) is 0.667. The third kappa shape index (κ3) is 3.80. The van der Waals surface area contributed by atoms with Crippen LogP contribution in [0.3, 0.4) is 0 Å². The molecule has 0 aliphatic carbocycles. The highest BCUT2D eigenvalue weighted by Gasteiger charge is 2.08. The van der Waals surface area contributed by atoms with Gasteiger partial charge < -0.3 is 5.11 Å². The molecule has 10 heavy (non-hydrogen) atoms. The maximum absolute atomic E-state index is 10.2. The van der Waals surface area contributed by atoms with Gasteiger partial charge in [-0.1, -0.05) is 6.92 Å². The van der Waals surface area contributed by atoms with Gasteiger partial charge in [0, 0.05) is 0 Å².